The van der Waals surface area contributed by atoms with Gasteiger partial charge in [0.05, 0.1) is 0 Å². The minimum atomic E-state index is -0.267. The number of nitrogens with one attached hydrogen (secondary N) is 1. The van der Waals surface area contributed by atoms with Crippen molar-refractivity contribution >= 4 is 23.2 Å². The number of nitrogens with zero attached hydrogens (tertiary/aromatic N) is 1. The number of hydrogen-bond donors (Lipinski definition) is 2. The summed E-state index contributed by atoms with van der Waals surface area (Å²) in [4.78, 5) is 14.0. The van der Waals surface area contributed by atoms with Gasteiger partial charge >= 0.3 is 0 Å². The molecule has 1 aromatic carbocycles. The van der Waals surface area contributed by atoms with Crippen LogP contribution in [0.3, 0.4) is 0 Å². The van der Waals surface area contributed by atoms with Crippen LogP contribution in [0.5, 0.6) is 5.75 Å². The summed E-state index contributed by atoms with van der Waals surface area (Å²) in [5.41, 5.74) is 0.465. The number of amides is 1. The fourth-order valence-corrected chi connectivity index (χ4v) is 2.43. The molecule has 0 atom stereocenters. The third-order valence-electron chi connectivity index (χ3n) is 2.70. The second kappa shape index (κ2) is 6.52. The highest BCUT2D eigenvalue weighted by Gasteiger charge is 2.19. The van der Waals surface area contributed by atoms with E-state index in [0.29, 0.717) is 10.7 Å². The second-order valence-electron chi connectivity index (χ2n) is 4.90. The van der Waals surface area contributed by atoms with Crippen molar-refractivity contribution in [3.63, 3.8) is 0 Å². The molecule has 0 saturated carbocycles. The number of aromatic hydroxyl groups is 1. The zero-order valence-corrected chi connectivity index (χ0v) is 12.5. The number of phenols is 1. The average molecular weight is 280 g/mol. The Balaban J connectivity index is 2.76. The summed E-state index contributed by atoms with van der Waals surface area (Å²) in [6.07, 6.45) is 0. The number of hydrogen-bond acceptors (Lipinski definition) is 3. The van der Waals surface area contributed by atoms with Gasteiger partial charge in [0.2, 0.25) is 0 Å². The van der Waals surface area contributed by atoms with Crippen molar-refractivity contribution in [2.45, 2.75) is 39.8 Å². The third-order valence-corrected chi connectivity index (χ3v) is 3.01. The fourth-order valence-electron chi connectivity index (χ4n) is 1.91. The molecule has 19 heavy (non-hydrogen) atoms. The Hall–Kier alpha value is -1.62. The first-order chi connectivity index (χ1) is 8.82. The number of thiocarbonyl (C=S) groups is 1. The highest BCUT2D eigenvalue weighted by molar-refractivity contribution is 7.80. The van der Waals surface area contributed by atoms with Crippen molar-refractivity contribution in [2.24, 2.45) is 0 Å². The Bertz CT molecular complexity index is 447. The predicted octanol–water partition coefficient (Wildman–Crippen LogP) is 2.53. The van der Waals surface area contributed by atoms with E-state index in [4.69, 9.17) is 12.2 Å². The first-order valence-corrected chi connectivity index (χ1v) is 6.66. The number of phenolic OH excluding ortho intramolecular Hbond substituents is 1. The maximum Gasteiger partial charge on any atom is 0.257 e. The Morgan fingerprint density at radius 3 is 2.05 bits per heavy atom. The standard InChI is InChI=1S/C14H20N2O2S/c1-9(2)16(10(3)4)14(19)15-13(18)11-5-7-12(17)8-6-11/h5-10,17H,1-4H3,(H,15,18,19). The lowest BCUT2D eigenvalue weighted by Crippen LogP contribution is -2.49. The van der Waals surface area contributed by atoms with Crippen molar-refractivity contribution in [3.05, 3.63) is 29.8 Å². The molecule has 0 bridgehead atoms. The van der Waals surface area contributed by atoms with E-state index in [2.05, 4.69) is 5.32 Å². The second-order valence-corrected chi connectivity index (χ2v) is 5.29. The fraction of sp³-hybridized carbons (Fsp3) is 0.429. The minimum absolute atomic E-state index is 0.130. The lowest BCUT2D eigenvalue weighted by Gasteiger charge is -2.33. The van der Waals surface area contributed by atoms with E-state index in [1.165, 1.54) is 12.1 Å². The first kappa shape index (κ1) is 15.4. The zero-order valence-electron chi connectivity index (χ0n) is 11.7. The summed E-state index contributed by atoms with van der Waals surface area (Å²) in [6.45, 7) is 8.11. The van der Waals surface area contributed by atoms with Crippen LogP contribution in [-0.2, 0) is 0 Å². The summed E-state index contributed by atoms with van der Waals surface area (Å²) in [5.74, 6) is -0.138. The Morgan fingerprint density at radius 1 is 1.16 bits per heavy atom. The van der Waals surface area contributed by atoms with Gasteiger partial charge in [0.25, 0.3) is 5.91 Å². The molecule has 0 aliphatic heterocycles. The van der Waals surface area contributed by atoms with Crippen molar-refractivity contribution in [3.8, 4) is 5.75 Å². The van der Waals surface area contributed by atoms with Crippen LogP contribution >= 0.6 is 12.2 Å². The third kappa shape index (κ3) is 4.21. The van der Waals surface area contributed by atoms with Crippen molar-refractivity contribution < 1.29 is 9.90 Å². The summed E-state index contributed by atoms with van der Waals surface area (Å²) >= 11 is 5.27. The average Bonchev–Trinajstić information content (AvgIpc) is 2.28. The maximum absolute atomic E-state index is 12.0. The lowest BCUT2D eigenvalue weighted by atomic mass is 10.2. The van der Waals surface area contributed by atoms with Crippen LogP contribution in [0.25, 0.3) is 0 Å². The van der Waals surface area contributed by atoms with Crippen LogP contribution < -0.4 is 5.32 Å². The van der Waals surface area contributed by atoms with E-state index in [1.54, 1.807) is 12.1 Å². The summed E-state index contributed by atoms with van der Waals surface area (Å²) in [7, 11) is 0. The van der Waals surface area contributed by atoms with Gasteiger partial charge in [-0.25, -0.2) is 0 Å². The maximum atomic E-state index is 12.0. The molecule has 0 fully saturated rings. The molecular formula is C14H20N2O2S. The molecule has 104 valence electrons. The Kier molecular flexibility index (Phi) is 5.30. The molecule has 1 amide bonds. The summed E-state index contributed by atoms with van der Waals surface area (Å²) in [6, 6.07) is 6.49. The molecule has 0 aliphatic carbocycles. The van der Waals surface area contributed by atoms with Gasteiger partial charge in [-0.2, -0.15) is 0 Å². The molecule has 0 unspecified atom stereocenters. The van der Waals surface area contributed by atoms with Crippen LogP contribution in [0.15, 0.2) is 24.3 Å². The van der Waals surface area contributed by atoms with Gasteiger partial charge in [0, 0.05) is 17.6 Å². The van der Waals surface area contributed by atoms with Gasteiger partial charge in [-0.1, -0.05) is 0 Å². The summed E-state index contributed by atoms with van der Waals surface area (Å²) in [5, 5.41) is 12.3. The number of carbonyl (C=O) groups is 1. The molecule has 0 heterocycles. The molecular weight excluding hydrogens is 260 g/mol. The Labute approximate surface area is 119 Å². The van der Waals surface area contributed by atoms with Crippen LogP contribution in [-0.4, -0.2) is 33.1 Å². The number of carbonyl (C=O) groups excluding carboxylic acids is 1. The summed E-state index contributed by atoms with van der Waals surface area (Å²) < 4.78 is 0. The van der Waals surface area contributed by atoms with Gasteiger partial charge in [0.1, 0.15) is 5.75 Å². The normalized spacial score (nSPS) is 10.6. The highest BCUT2D eigenvalue weighted by Crippen LogP contribution is 2.10. The van der Waals surface area contributed by atoms with E-state index in [9.17, 15) is 9.90 Å². The number of rotatable bonds is 3. The van der Waals surface area contributed by atoms with Crippen LogP contribution in [0, 0.1) is 0 Å². The molecule has 0 radical (unpaired) electrons. The number of benzene rings is 1. The smallest absolute Gasteiger partial charge is 0.257 e. The lowest BCUT2D eigenvalue weighted by molar-refractivity contribution is 0.0971. The van der Waals surface area contributed by atoms with Crippen LogP contribution in [0.2, 0.25) is 0 Å². The minimum Gasteiger partial charge on any atom is -0.508 e. The molecule has 4 nitrogen and oxygen atoms in total. The monoisotopic (exact) mass is 280 g/mol. The van der Waals surface area contributed by atoms with Gasteiger partial charge in [-0.15, -0.1) is 0 Å². The molecule has 0 aromatic heterocycles. The Morgan fingerprint density at radius 2 is 1.63 bits per heavy atom. The van der Waals surface area contributed by atoms with Crippen LogP contribution in [0.4, 0.5) is 0 Å². The molecule has 2 N–H and O–H groups in total. The molecule has 0 saturated heterocycles. The van der Waals surface area contributed by atoms with Crippen LogP contribution in [0.1, 0.15) is 38.1 Å². The van der Waals surface area contributed by atoms with Gasteiger partial charge in [-0.05, 0) is 64.2 Å². The molecule has 0 spiro atoms. The highest BCUT2D eigenvalue weighted by atomic mass is 32.1. The van der Waals surface area contributed by atoms with Crippen molar-refractivity contribution in [2.75, 3.05) is 0 Å². The molecule has 1 rings (SSSR count). The topological polar surface area (TPSA) is 52.6 Å². The van der Waals surface area contributed by atoms with E-state index < -0.39 is 0 Å². The van der Waals surface area contributed by atoms with E-state index >= 15 is 0 Å². The van der Waals surface area contributed by atoms with Gasteiger partial charge < -0.3 is 10.0 Å². The van der Waals surface area contributed by atoms with Crippen molar-refractivity contribution in [1.82, 2.24) is 10.2 Å². The largest absolute Gasteiger partial charge is 0.508 e. The molecule has 0 aliphatic rings. The molecule has 1 aromatic rings. The van der Waals surface area contributed by atoms with Crippen molar-refractivity contribution in [1.29, 1.82) is 0 Å². The van der Waals surface area contributed by atoms with Gasteiger partial charge in [-0.3, -0.25) is 10.1 Å². The van der Waals surface area contributed by atoms with Gasteiger partial charge in [0.15, 0.2) is 5.11 Å². The van der Waals surface area contributed by atoms with E-state index in [-0.39, 0.29) is 23.7 Å². The van der Waals surface area contributed by atoms with E-state index in [0.717, 1.165) is 0 Å². The quantitative estimate of drug-likeness (QED) is 0.835. The van der Waals surface area contributed by atoms with E-state index in [1.807, 2.05) is 32.6 Å². The molecule has 5 heteroatoms. The SMILES string of the molecule is CC(C)N(C(=S)NC(=O)c1ccc(O)cc1)C(C)C. The first-order valence-electron chi connectivity index (χ1n) is 6.25. The predicted molar refractivity (Wildman–Crippen MR) is 80.3 cm³/mol. The zero-order chi connectivity index (χ0) is 14.6.